The predicted molar refractivity (Wildman–Crippen MR) is 189 cm³/mol. The summed E-state index contributed by atoms with van der Waals surface area (Å²) in [6.45, 7) is 16.2. The van der Waals surface area contributed by atoms with E-state index in [1.54, 1.807) is 0 Å². The number of thiol groups is 1. The molecule has 2 saturated heterocycles. The van der Waals surface area contributed by atoms with Crippen LogP contribution in [0.3, 0.4) is 0 Å². The Bertz CT molecular complexity index is 889. The molecule has 256 valence electrons. The topological polar surface area (TPSA) is 145 Å². The minimum absolute atomic E-state index is 0.0482. The third-order valence-corrected chi connectivity index (χ3v) is 8.66. The van der Waals surface area contributed by atoms with Crippen LogP contribution in [0.4, 0.5) is 0 Å². The molecule has 0 spiro atoms. The van der Waals surface area contributed by atoms with Crippen molar-refractivity contribution < 1.29 is 24.3 Å². The highest BCUT2D eigenvalue weighted by atomic mass is 32.2. The molecule has 5 N–H and O–H groups in total. The number of unbranched alkanes of at least 4 members (excludes halogenated alkanes) is 1. The second-order valence-corrected chi connectivity index (χ2v) is 15.0. The first-order chi connectivity index (χ1) is 20.7. The zero-order valence-electron chi connectivity index (χ0n) is 27.9. The number of hydrogen-bond acceptors (Lipinski definition) is 11. The largest absolute Gasteiger partial charge is 0.375 e. The van der Waals surface area contributed by atoms with E-state index in [1.807, 2.05) is 13.8 Å². The molecule has 13 heteroatoms. The Balaban J connectivity index is 0.000000751. The van der Waals surface area contributed by atoms with Crippen molar-refractivity contribution >= 4 is 65.5 Å². The van der Waals surface area contributed by atoms with Crippen molar-refractivity contribution in [1.82, 2.24) is 20.4 Å². The van der Waals surface area contributed by atoms with Crippen LogP contribution in [-0.2, 0) is 19.2 Å². The molecule has 0 bridgehead atoms. The molecule has 0 saturated carbocycles. The number of ketones is 1. The number of imide groups is 1. The number of thioether (sulfide) groups is 1. The van der Waals surface area contributed by atoms with Crippen LogP contribution in [0.25, 0.3) is 0 Å². The molecule has 3 unspecified atom stereocenters. The fraction of sp³-hybridized carbons (Fsp3) is 0.839. The van der Waals surface area contributed by atoms with Crippen LogP contribution in [0.15, 0.2) is 0 Å². The van der Waals surface area contributed by atoms with Gasteiger partial charge in [0.05, 0.1) is 23.3 Å². The van der Waals surface area contributed by atoms with Crippen molar-refractivity contribution in [2.24, 2.45) is 17.6 Å². The number of carbonyl (C=O) groups excluding carboxylic acids is 4. The summed E-state index contributed by atoms with van der Waals surface area (Å²) in [6, 6.07) is 0. The molecule has 2 amide bonds. The maximum atomic E-state index is 11.4. The van der Waals surface area contributed by atoms with E-state index in [9.17, 15) is 24.3 Å². The maximum absolute atomic E-state index is 11.4. The van der Waals surface area contributed by atoms with Crippen LogP contribution in [0.5, 0.6) is 0 Å². The van der Waals surface area contributed by atoms with Gasteiger partial charge in [-0.3, -0.25) is 29.5 Å². The highest BCUT2D eigenvalue weighted by molar-refractivity contribution is 8.00. The molecule has 0 aromatic carbocycles. The van der Waals surface area contributed by atoms with E-state index in [1.165, 1.54) is 16.7 Å². The zero-order chi connectivity index (χ0) is 33.8. The molecule has 2 aliphatic rings. The van der Waals surface area contributed by atoms with E-state index in [4.69, 9.17) is 18.0 Å². The van der Waals surface area contributed by atoms with Crippen LogP contribution in [0.2, 0.25) is 0 Å². The van der Waals surface area contributed by atoms with Gasteiger partial charge in [0.1, 0.15) is 12.0 Å². The number of nitrogens with one attached hydrogen (secondary N) is 2. The molecule has 44 heavy (non-hydrogen) atoms. The summed E-state index contributed by atoms with van der Waals surface area (Å²) < 4.78 is 0.0595. The molecular weight excluding hydrogens is 619 g/mol. The van der Waals surface area contributed by atoms with Gasteiger partial charge in [0, 0.05) is 42.5 Å². The molecule has 2 aliphatic heterocycles. The van der Waals surface area contributed by atoms with Crippen molar-refractivity contribution in [3.63, 3.8) is 0 Å². The molecular formula is C31H59N5O5S3. The average Bonchev–Trinajstić information content (AvgIpc) is 3.50. The van der Waals surface area contributed by atoms with Crippen molar-refractivity contribution in [1.29, 1.82) is 0 Å². The zero-order valence-corrected chi connectivity index (χ0v) is 30.4. The Morgan fingerprint density at radius 2 is 1.86 bits per heavy atom. The number of aldehydes is 1. The van der Waals surface area contributed by atoms with Crippen LogP contribution in [-0.4, -0.2) is 105 Å². The summed E-state index contributed by atoms with van der Waals surface area (Å²) in [7, 11) is 0. The van der Waals surface area contributed by atoms with Crippen LogP contribution in [0.1, 0.15) is 92.9 Å². The van der Waals surface area contributed by atoms with Crippen LogP contribution in [0, 0.1) is 11.8 Å². The van der Waals surface area contributed by atoms with E-state index in [0.717, 1.165) is 69.3 Å². The fourth-order valence-corrected chi connectivity index (χ4v) is 5.99. The normalized spacial score (nSPS) is 19.7. The summed E-state index contributed by atoms with van der Waals surface area (Å²) in [5, 5.41) is 17.7. The quantitative estimate of drug-likeness (QED) is 0.0277. The number of rotatable bonds is 18. The Morgan fingerprint density at radius 3 is 2.30 bits per heavy atom. The summed E-state index contributed by atoms with van der Waals surface area (Å²) in [6.07, 6.45) is 7.81. The minimum atomic E-state index is -0.844. The van der Waals surface area contributed by atoms with Crippen LogP contribution < -0.4 is 16.4 Å². The highest BCUT2D eigenvalue weighted by Crippen LogP contribution is 2.23. The molecule has 3 atom stereocenters. The van der Waals surface area contributed by atoms with Gasteiger partial charge in [-0.2, -0.15) is 24.4 Å². The molecule has 0 aromatic rings. The van der Waals surface area contributed by atoms with Gasteiger partial charge in [-0.1, -0.05) is 53.3 Å². The van der Waals surface area contributed by atoms with Crippen LogP contribution >= 0.6 is 36.6 Å². The lowest BCUT2D eigenvalue weighted by molar-refractivity contribution is -0.139. The first kappa shape index (κ1) is 42.9. The Morgan fingerprint density at radius 1 is 1.20 bits per heavy atom. The van der Waals surface area contributed by atoms with Crippen molar-refractivity contribution in [2.45, 2.75) is 103 Å². The van der Waals surface area contributed by atoms with Gasteiger partial charge in [-0.15, -0.1) is 0 Å². The predicted octanol–water partition coefficient (Wildman–Crippen LogP) is 3.40. The van der Waals surface area contributed by atoms with Gasteiger partial charge >= 0.3 is 0 Å². The summed E-state index contributed by atoms with van der Waals surface area (Å²) >= 11 is 11.2. The summed E-state index contributed by atoms with van der Waals surface area (Å²) in [5.74, 6) is 0.811. The number of Topliss-reactive ketones (excluding diaryl/α,β-unsaturated/α-hetero) is 1. The first-order valence-electron chi connectivity index (χ1n) is 15.9. The fourth-order valence-electron chi connectivity index (χ4n) is 4.72. The Hall–Kier alpha value is -1.09. The van der Waals surface area contributed by atoms with Gasteiger partial charge < -0.3 is 21.0 Å². The van der Waals surface area contributed by atoms with Gasteiger partial charge in [-0.05, 0) is 58.5 Å². The number of thiocarbonyl (C=S) groups is 1. The number of carbonyl (C=O) groups is 4. The summed E-state index contributed by atoms with van der Waals surface area (Å²) in [5.41, 5.74) is 4.43. The highest BCUT2D eigenvalue weighted by Gasteiger charge is 2.36. The standard InChI is InChI=1S/C18H39N3OS2.C8H14N2O2.C5H6O2S/c1-6-12-20-18(22,11-9-8-10-17(4,5)24)14-21(13-7-2)15-19-16(3)23;1-2-6-5-7(11)10(4-3-9)8(6)12;6-1-4-2-8-3-5(4)7/h20,22,24H,6-15H2,1-5H3,(H,19,23);6H,2-5,9H2,1H3;1,4H,2-3H2. The Kier molecular flexibility index (Phi) is 22.7. The smallest absolute Gasteiger partial charge is 0.232 e. The molecule has 2 heterocycles. The monoisotopic (exact) mass is 677 g/mol. The van der Waals surface area contributed by atoms with Gasteiger partial charge in [-0.25, -0.2) is 0 Å². The lowest BCUT2D eigenvalue weighted by Gasteiger charge is -2.35. The number of hydrogen-bond donors (Lipinski definition) is 5. The van der Waals surface area contributed by atoms with E-state index in [-0.39, 0.29) is 34.2 Å². The molecule has 2 fully saturated rings. The first-order valence-corrected chi connectivity index (χ1v) is 17.9. The van der Waals surface area contributed by atoms with E-state index >= 15 is 0 Å². The lowest BCUT2D eigenvalue weighted by Crippen LogP contribution is -2.55. The maximum Gasteiger partial charge on any atom is 0.232 e. The lowest BCUT2D eigenvalue weighted by atomic mass is 9.99. The Labute approximate surface area is 281 Å². The van der Waals surface area contributed by atoms with Crippen molar-refractivity contribution in [2.75, 3.05) is 50.9 Å². The number of amides is 2. The second-order valence-electron chi connectivity index (χ2n) is 12.1. The second kappa shape index (κ2) is 23.3. The van der Waals surface area contributed by atoms with E-state index in [0.29, 0.717) is 44.2 Å². The SMILES string of the molecule is CCC1CC(=O)N(CCN)C1=O.CCCNC(O)(CCCCC(C)(C)S)CN(CCC)CNC(C)=S.O=CC1CSCC1=O. The van der Waals surface area contributed by atoms with Gasteiger partial charge in [0.2, 0.25) is 11.8 Å². The third kappa shape index (κ3) is 18.8. The minimum Gasteiger partial charge on any atom is -0.375 e. The number of nitrogens with two attached hydrogens (primary N) is 1. The molecule has 10 nitrogen and oxygen atoms in total. The third-order valence-electron chi connectivity index (χ3n) is 7.21. The number of nitrogens with zero attached hydrogens (tertiary/aromatic N) is 2. The van der Waals surface area contributed by atoms with E-state index in [2.05, 4.69) is 55.9 Å². The molecule has 0 aromatic heterocycles. The van der Waals surface area contributed by atoms with Gasteiger partial charge in [0.15, 0.2) is 5.78 Å². The van der Waals surface area contributed by atoms with Crippen molar-refractivity contribution in [3.05, 3.63) is 0 Å². The van der Waals surface area contributed by atoms with Gasteiger partial charge in [0.25, 0.3) is 0 Å². The average molecular weight is 678 g/mol. The number of likely N-dealkylation sites (tertiary alicyclic amines) is 1. The molecule has 2 rings (SSSR count). The van der Waals surface area contributed by atoms with Crippen molar-refractivity contribution in [3.8, 4) is 0 Å². The van der Waals surface area contributed by atoms with E-state index < -0.39 is 5.72 Å². The number of aliphatic hydroxyl groups is 1. The summed E-state index contributed by atoms with van der Waals surface area (Å²) in [4.78, 5) is 47.4. The molecule has 0 radical (unpaired) electrons. The molecule has 0 aliphatic carbocycles.